The lowest BCUT2D eigenvalue weighted by molar-refractivity contribution is 0.194. The van der Waals surface area contributed by atoms with Gasteiger partial charge in [-0.3, -0.25) is 10.00 Å². The standard InChI is InChI=1S/C24H29N3O2/c1-17-9-11-18(12-10-17)20-14-25-26-24(20)19-6-5-13-27(15-19)16-21-22(28-2)7-4-8-23(21)29-3/h4,7-12,14,19H,5-6,13,15-16H2,1-3H3,(H,25,26)/t19-/m1/s1. The average Bonchev–Trinajstić information content (AvgIpc) is 3.24. The number of methoxy groups -OCH3 is 2. The molecule has 0 aliphatic carbocycles. The van der Waals surface area contributed by atoms with Gasteiger partial charge < -0.3 is 9.47 Å². The van der Waals surface area contributed by atoms with E-state index in [0.29, 0.717) is 5.92 Å². The van der Waals surface area contributed by atoms with Crippen LogP contribution in [0.4, 0.5) is 0 Å². The Kier molecular flexibility index (Phi) is 5.86. The quantitative estimate of drug-likeness (QED) is 0.657. The zero-order valence-electron chi connectivity index (χ0n) is 17.4. The highest BCUT2D eigenvalue weighted by Crippen LogP contribution is 2.35. The van der Waals surface area contributed by atoms with Crippen LogP contribution in [-0.2, 0) is 6.54 Å². The monoisotopic (exact) mass is 391 g/mol. The lowest BCUT2D eigenvalue weighted by Gasteiger charge is -2.33. The molecule has 3 aromatic rings. The summed E-state index contributed by atoms with van der Waals surface area (Å²) in [6.07, 6.45) is 4.29. The van der Waals surface area contributed by atoms with E-state index in [1.165, 1.54) is 28.8 Å². The van der Waals surface area contributed by atoms with Crippen molar-refractivity contribution < 1.29 is 9.47 Å². The fraction of sp³-hybridized carbons (Fsp3) is 0.375. The van der Waals surface area contributed by atoms with E-state index in [1.807, 2.05) is 24.4 Å². The van der Waals surface area contributed by atoms with Gasteiger partial charge in [0.15, 0.2) is 0 Å². The molecule has 0 saturated carbocycles. The minimum atomic E-state index is 0.434. The van der Waals surface area contributed by atoms with Gasteiger partial charge in [0.25, 0.3) is 0 Å². The van der Waals surface area contributed by atoms with Gasteiger partial charge in [-0.05, 0) is 44.0 Å². The molecular weight excluding hydrogens is 362 g/mol. The summed E-state index contributed by atoms with van der Waals surface area (Å²) < 4.78 is 11.2. The largest absolute Gasteiger partial charge is 0.496 e. The van der Waals surface area contributed by atoms with Gasteiger partial charge in [0, 0.05) is 30.3 Å². The molecule has 152 valence electrons. The number of hydrogen-bond acceptors (Lipinski definition) is 4. The highest BCUT2D eigenvalue weighted by Gasteiger charge is 2.26. The maximum Gasteiger partial charge on any atom is 0.127 e. The van der Waals surface area contributed by atoms with Gasteiger partial charge in [0.1, 0.15) is 11.5 Å². The number of benzene rings is 2. The molecule has 1 aliphatic heterocycles. The molecular formula is C24H29N3O2. The van der Waals surface area contributed by atoms with Crippen molar-refractivity contribution in [2.24, 2.45) is 0 Å². The Balaban J connectivity index is 1.55. The van der Waals surface area contributed by atoms with Gasteiger partial charge in [0.05, 0.1) is 26.0 Å². The van der Waals surface area contributed by atoms with Crippen LogP contribution in [0.2, 0.25) is 0 Å². The maximum atomic E-state index is 5.59. The van der Waals surface area contributed by atoms with Gasteiger partial charge in [-0.1, -0.05) is 35.9 Å². The third-order valence-corrected chi connectivity index (χ3v) is 5.86. The van der Waals surface area contributed by atoms with Crippen molar-refractivity contribution in [2.75, 3.05) is 27.3 Å². The van der Waals surface area contributed by atoms with E-state index in [9.17, 15) is 0 Å². The lowest BCUT2D eigenvalue weighted by Crippen LogP contribution is -2.34. The average molecular weight is 392 g/mol. The zero-order valence-corrected chi connectivity index (χ0v) is 17.4. The first-order chi connectivity index (χ1) is 14.2. The second kappa shape index (κ2) is 8.70. The van der Waals surface area contributed by atoms with E-state index in [4.69, 9.17) is 9.47 Å². The van der Waals surface area contributed by atoms with Crippen LogP contribution in [0.25, 0.3) is 11.1 Å². The summed E-state index contributed by atoms with van der Waals surface area (Å²) in [4.78, 5) is 2.49. The third-order valence-electron chi connectivity index (χ3n) is 5.86. The van der Waals surface area contributed by atoms with E-state index >= 15 is 0 Å². The fourth-order valence-corrected chi connectivity index (χ4v) is 4.31. The summed E-state index contributed by atoms with van der Waals surface area (Å²) in [5.41, 5.74) is 6.06. The molecule has 1 atom stereocenters. The maximum absolute atomic E-state index is 5.59. The van der Waals surface area contributed by atoms with Crippen molar-refractivity contribution >= 4 is 0 Å². The molecule has 1 saturated heterocycles. The van der Waals surface area contributed by atoms with Crippen LogP contribution in [-0.4, -0.2) is 42.4 Å². The molecule has 4 rings (SSSR count). The number of aryl methyl sites for hydroxylation is 1. The number of likely N-dealkylation sites (tertiary alicyclic amines) is 1. The van der Waals surface area contributed by atoms with E-state index in [2.05, 4.69) is 46.3 Å². The molecule has 5 heteroatoms. The first-order valence-corrected chi connectivity index (χ1v) is 10.2. The molecule has 2 aromatic carbocycles. The Hall–Kier alpha value is -2.79. The highest BCUT2D eigenvalue weighted by atomic mass is 16.5. The summed E-state index contributed by atoms with van der Waals surface area (Å²) in [6.45, 7) is 5.00. The van der Waals surface area contributed by atoms with Crippen molar-refractivity contribution in [3.63, 3.8) is 0 Å². The molecule has 29 heavy (non-hydrogen) atoms. The minimum Gasteiger partial charge on any atom is -0.496 e. The van der Waals surface area contributed by atoms with E-state index in [-0.39, 0.29) is 0 Å². The van der Waals surface area contributed by atoms with Gasteiger partial charge in [0.2, 0.25) is 0 Å². The van der Waals surface area contributed by atoms with Gasteiger partial charge in [-0.2, -0.15) is 5.10 Å². The molecule has 1 aliphatic rings. The Morgan fingerprint density at radius 2 is 1.79 bits per heavy atom. The predicted octanol–water partition coefficient (Wildman–Crippen LogP) is 4.78. The summed E-state index contributed by atoms with van der Waals surface area (Å²) in [5, 5.41) is 7.67. The molecule has 1 N–H and O–H groups in total. The van der Waals surface area contributed by atoms with Crippen molar-refractivity contribution in [2.45, 2.75) is 32.2 Å². The summed E-state index contributed by atoms with van der Waals surface area (Å²) in [6, 6.07) is 14.7. The number of H-pyrrole nitrogens is 1. The molecule has 1 fully saturated rings. The number of nitrogens with zero attached hydrogens (tertiary/aromatic N) is 2. The first-order valence-electron chi connectivity index (χ1n) is 10.2. The molecule has 1 aromatic heterocycles. The van der Waals surface area contributed by atoms with Crippen molar-refractivity contribution in [3.8, 4) is 22.6 Å². The minimum absolute atomic E-state index is 0.434. The first kappa shape index (κ1) is 19.5. The number of ether oxygens (including phenoxy) is 2. The topological polar surface area (TPSA) is 50.4 Å². The van der Waals surface area contributed by atoms with Crippen LogP contribution < -0.4 is 9.47 Å². The second-order valence-electron chi connectivity index (χ2n) is 7.78. The highest BCUT2D eigenvalue weighted by molar-refractivity contribution is 5.66. The molecule has 0 radical (unpaired) electrons. The molecule has 2 heterocycles. The summed E-state index contributed by atoms with van der Waals surface area (Å²) in [5.74, 6) is 2.20. The second-order valence-corrected chi connectivity index (χ2v) is 7.78. The van der Waals surface area contributed by atoms with Gasteiger partial charge >= 0.3 is 0 Å². The van der Waals surface area contributed by atoms with Crippen LogP contribution in [0, 0.1) is 6.92 Å². The number of nitrogens with one attached hydrogen (secondary N) is 1. The van der Waals surface area contributed by atoms with Crippen LogP contribution in [0.3, 0.4) is 0 Å². The number of rotatable bonds is 6. The van der Waals surface area contributed by atoms with Crippen LogP contribution >= 0.6 is 0 Å². The molecule has 5 nitrogen and oxygen atoms in total. The number of aromatic amines is 1. The number of hydrogen-bond donors (Lipinski definition) is 1. The normalized spacial score (nSPS) is 17.3. The van der Waals surface area contributed by atoms with E-state index in [1.54, 1.807) is 14.2 Å². The Morgan fingerprint density at radius 3 is 2.48 bits per heavy atom. The fourth-order valence-electron chi connectivity index (χ4n) is 4.31. The third kappa shape index (κ3) is 4.15. The van der Waals surface area contributed by atoms with E-state index in [0.717, 1.165) is 43.1 Å². The molecule has 0 bridgehead atoms. The summed E-state index contributed by atoms with van der Waals surface area (Å²) in [7, 11) is 3.44. The number of piperidine rings is 1. The van der Waals surface area contributed by atoms with Crippen LogP contribution in [0.1, 0.15) is 35.6 Å². The number of aromatic nitrogens is 2. The van der Waals surface area contributed by atoms with Crippen molar-refractivity contribution in [1.82, 2.24) is 15.1 Å². The van der Waals surface area contributed by atoms with Crippen LogP contribution in [0.5, 0.6) is 11.5 Å². The van der Waals surface area contributed by atoms with Crippen molar-refractivity contribution in [3.05, 3.63) is 65.5 Å². The predicted molar refractivity (Wildman–Crippen MR) is 116 cm³/mol. The molecule has 0 amide bonds. The van der Waals surface area contributed by atoms with E-state index < -0.39 is 0 Å². The zero-order chi connectivity index (χ0) is 20.2. The SMILES string of the molecule is COc1cccc(OC)c1CN1CCC[C@@H](c2[nH]ncc2-c2ccc(C)cc2)C1. The Morgan fingerprint density at radius 1 is 1.07 bits per heavy atom. The van der Waals surface area contributed by atoms with Crippen molar-refractivity contribution in [1.29, 1.82) is 0 Å². The Bertz CT molecular complexity index is 927. The molecule has 0 spiro atoms. The molecule has 0 unspecified atom stereocenters. The van der Waals surface area contributed by atoms with Crippen LogP contribution in [0.15, 0.2) is 48.7 Å². The smallest absolute Gasteiger partial charge is 0.127 e. The summed E-state index contributed by atoms with van der Waals surface area (Å²) >= 11 is 0. The van der Waals surface area contributed by atoms with Gasteiger partial charge in [-0.25, -0.2) is 0 Å². The van der Waals surface area contributed by atoms with Gasteiger partial charge in [-0.15, -0.1) is 0 Å². The Labute approximate surface area is 172 Å². The lowest BCUT2D eigenvalue weighted by atomic mass is 9.90.